The summed E-state index contributed by atoms with van der Waals surface area (Å²) in [4.78, 5) is 10.7. The monoisotopic (exact) mass is 319 g/mol. The van der Waals surface area contributed by atoms with E-state index in [1.165, 1.54) is 19.1 Å². The lowest BCUT2D eigenvalue weighted by Gasteiger charge is -2.19. The summed E-state index contributed by atoms with van der Waals surface area (Å²) in [6.07, 6.45) is -2.35. The van der Waals surface area contributed by atoms with Crippen molar-refractivity contribution in [3.63, 3.8) is 0 Å². The minimum atomic E-state index is -1.34. The van der Waals surface area contributed by atoms with E-state index in [2.05, 4.69) is 21.2 Å². The van der Waals surface area contributed by atoms with Crippen LogP contribution in [0.1, 0.15) is 25.0 Å². The number of carbonyl (C=O) groups excluding carboxylic acids is 1. The first-order valence-corrected chi connectivity index (χ1v) is 6.27. The summed E-state index contributed by atoms with van der Waals surface area (Å²) in [6.45, 7) is 1.58. The van der Waals surface area contributed by atoms with Gasteiger partial charge in [0, 0.05) is 23.5 Å². The molecular weight excluding hydrogens is 305 g/mol. The van der Waals surface area contributed by atoms with Gasteiger partial charge in [0.25, 0.3) is 0 Å². The Labute approximate surface area is 113 Å². The predicted molar refractivity (Wildman–Crippen MR) is 68.4 cm³/mol. The van der Waals surface area contributed by atoms with Crippen molar-refractivity contribution in [3.8, 4) is 0 Å². The smallest absolute Gasteiger partial charge is 0.216 e. The van der Waals surface area contributed by atoms with Crippen molar-refractivity contribution in [2.45, 2.75) is 25.6 Å². The second kappa shape index (κ2) is 6.82. The van der Waals surface area contributed by atoms with Crippen LogP contribution < -0.4 is 5.32 Å². The Kier molecular flexibility index (Phi) is 5.71. The molecule has 0 radical (unpaired) electrons. The minimum Gasteiger partial charge on any atom is -0.390 e. The molecule has 1 aromatic carbocycles. The fraction of sp³-hybridized carbons (Fsp3) is 0.417. The van der Waals surface area contributed by atoms with Crippen LogP contribution in [-0.2, 0) is 4.79 Å². The lowest BCUT2D eigenvalue weighted by molar-refractivity contribution is -0.119. The van der Waals surface area contributed by atoms with E-state index < -0.39 is 18.0 Å². The zero-order chi connectivity index (χ0) is 13.7. The number of carbonyl (C=O) groups is 1. The molecule has 1 aromatic rings. The molecule has 0 aliphatic rings. The molecule has 1 amide bonds. The molecule has 100 valence electrons. The Bertz CT molecular complexity index is 408. The SMILES string of the molecule is CC(=O)NCCC(O)C(O)c1c(F)cccc1Br. The van der Waals surface area contributed by atoms with E-state index in [-0.39, 0.29) is 24.4 Å². The maximum atomic E-state index is 13.5. The van der Waals surface area contributed by atoms with Gasteiger partial charge in [0.2, 0.25) is 5.91 Å². The van der Waals surface area contributed by atoms with Crippen LogP contribution in [0.25, 0.3) is 0 Å². The Morgan fingerprint density at radius 1 is 1.50 bits per heavy atom. The van der Waals surface area contributed by atoms with Crippen molar-refractivity contribution in [3.05, 3.63) is 34.1 Å². The summed E-state index contributed by atoms with van der Waals surface area (Å²) < 4.78 is 13.9. The van der Waals surface area contributed by atoms with Crippen LogP contribution in [0.5, 0.6) is 0 Å². The molecule has 6 heteroatoms. The topological polar surface area (TPSA) is 69.6 Å². The Balaban J connectivity index is 2.68. The van der Waals surface area contributed by atoms with Crippen molar-refractivity contribution in [1.29, 1.82) is 0 Å². The quantitative estimate of drug-likeness (QED) is 0.770. The average Bonchev–Trinajstić information content (AvgIpc) is 2.27. The van der Waals surface area contributed by atoms with Crippen LogP contribution in [0.3, 0.4) is 0 Å². The normalized spacial score (nSPS) is 14.1. The van der Waals surface area contributed by atoms with E-state index in [1.54, 1.807) is 6.07 Å². The van der Waals surface area contributed by atoms with E-state index >= 15 is 0 Å². The molecule has 0 bridgehead atoms. The lowest BCUT2D eigenvalue weighted by atomic mass is 10.0. The molecule has 4 nitrogen and oxygen atoms in total. The standard InChI is InChI=1S/C12H15BrFNO3/c1-7(16)15-6-5-10(17)12(18)11-8(13)3-2-4-9(11)14/h2-4,10,12,17-18H,5-6H2,1H3,(H,15,16). The highest BCUT2D eigenvalue weighted by molar-refractivity contribution is 9.10. The molecule has 0 saturated carbocycles. The Morgan fingerprint density at radius 3 is 2.72 bits per heavy atom. The first-order valence-electron chi connectivity index (χ1n) is 5.48. The van der Waals surface area contributed by atoms with Gasteiger partial charge >= 0.3 is 0 Å². The molecule has 0 aromatic heterocycles. The zero-order valence-corrected chi connectivity index (χ0v) is 11.4. The molecular formula is C12H15BrFNO3. The highest BCUT2D eigenvalue weighted by Crippen LogP contribution is 2.29. The average molecular weight is 320 g/mol. The van der Waals surface area contributed by atoms with Crippen LogP contribution in [0.4, 0.5) is 4.39 Å². The number of hydrogen-bond acceptors (Lipinski definition) is 3. The third-order valence-corrected chi connectivity index (χ3v) is 3.17. The van der Waals surface area contributed by atoms with Crippen molar-refractivity contribution in [1.82, 2.24) is 5.32 Å². The summed E-state index contributed by atoms with van der Waals surface area (Å²) in [5, 5.41) is 22.1. The molecule has 0 heterocycles. The van der Waals surface area contributed by atoms with Gasteiger partial charge in [0.15, 0.2) is 0 Å². The van der Waals surface area contributed by atoms with Gasteiger partial charge < -0.3 is 15.5 Å². The van der Waals surface area contributed by atoms with E-state index in [4.69, 9.17) is 0 Å². The van der Waals surface area contributed by atoms with Crippen LogP contribution in [-0.4, -0.2) is 28.8 Å². The van der Waals surface area contributed by atoms with Gasteiger partial charge in [-0.1, -0.05) is 22.0 Å². The van der Waals surface area contributed by atoms with Gasteiger partial charge in [-0.05, 0) is 18.6 Å². The largest absolute Gasteiger partial charge is 0.390 e. The number of aliphatic hydroxyl groups is 2. The first-order chi connectivity index (χ1) is 8.43. The van der Waals surface area contributed by atoms with Crippen LogP contribution in [0.2, 0.25) is 0 Å². The first kappa shape index (κ1) is 15.1. The van der Waals surface area contributed by atoms with Gasteiger partial charge in [-0.25, -0.2) is 4.39 Å². The van der Waals surface area contributed by atoms with Gasteiger partial charge in [0.1, 0.15) is 11.9 Å². The third kappa shape index (κ3) is 4.04. The molecule has 0 aliphatic carbocycles. The van der Waals surface area contributed by atoms with Crippen molar-refractivity contribution >= 4 is 21.8 Å². The van der Waals surface area contributed by atoms with E-state index in [9.17, 15) is 19.4 Å². The Hall–Kier alpha value is -0.980. The highest BCUT2D eigenvalue weighted by atomic mass is 79.9. The molecule has 0 spiro atoms. The number of amides is 1. The summed E-state index contributed by atoms with van der Waals surface area (Å²) in [5.74, 6) is -0.806. The number of rotatable bonds is 5. The maximum Gasteiger partial charge on any atom is 0.216 e. The second-order valence-electron chi connectivity index (χ2n) is 3.92. The van der Waals surface area contributed by atoms with Gasteiger partial charge in [-0.2, -0.15) is 0 Å². The second-order valence-corrected chi connectivity index (χ2v) is 4.77. The Morgan fingerprint density at radius 2 is 2.17 bits per heavy atom. The fourth-order valence-electron chi connectivity index (χ4n) is 1.54. The van der Waals surface area contributed by atoms with Crippen LogP contribution >= 0.6 is 15.9 Å². The van der Waals surface area contributed by atoms with Crippen LogP contribution in [0.15, 0.2) is 22.7 Å². The molecule has 1 rings (SSSR count). The number of aliphatic hydroxyl groups excluding tert-OH is 2. The molecule has 0 fully saturated rings. The number of halogens is 2. The van der Waals surface area contributed by atoms with Crippen molar-refractivity contribution in [2.75, 3.05) is 6.54 Å². The van der Waals surface area contributed by atoms with E-state index in [0.29, 0.717) is 4.47 Å². The maximum absolute atomic E-state index is 13.5. The highest BCUT2D eigenvalue weighted by Gasteiger charge is 2.23. The van der Waals surface area contributed by atoms with Crippen LogP contribution in [0, 0.1) is 5.82 Å². The zero-order valence-electron chi connectivity index (χ0n) is 9.86. The molecule has 0 aliphatic heterocycles. The predicted octanol–water partition coefficient (Wildman–Crippen LogP) is 1.51. The molecule has 2 atom stereocenters. The van der Waals surface area contributed by atoms with E-state index in [0.717, 1.165) is 0 Å². The van der Waals surface area contributed by atoms with E-state index in [1.807, 2.05) is 0 Å². The molecule has 0 saturated heterocycles. The number of nitrogens with one attached hydrogen (secondary N) is 1. The minimum absolute atomic E-state index is 0.0211. The summed E-state index contributed by atoms with van der Waals surface area (Å²) in [7, 11) is 0. The molecule has 18 heavy (non-hydrogen) atoms. The van der Waals surface area contributed by atoms with Crippen molar-refractivity contribution < 1.29 is 19.4 Å². The molecule has 2 unspecified atom stereocenters. The fourth-order valence-corrected chi connectivity index (χ4v) is 2.12. The van der Waals surface area contributed by atoms with Gasteiger partial charge in [-0.3, -0.25) is 4.79 Å². The van der Waals surface area contributed by atoms with Crippen molar-refractivity contribution in [2.24, 2.45) is 0 Å². The van der Waals surface area contributed by atoms with Gasteiger partial charge in [-0.15, -0.1) is 0 Å². The summed E-state index contributed by atoms with van der Waals surface area (Å²) in [6, 6.07) is 4.30. The van der Waals surface area contributed by atoms with Gasteiger partial charge in [0.05, 0.1) is 6.10 Å². The number of benzene rings is 1. The molecule has 3 N–H and O–H groups in total. The number of hydrogen-bond donors (Lipinski definition) is 3. The summed E-state index contributed by atoms with van der Waals surface area (Å²) >= 11 is 3.13. The summed E-state index contributed by atoms with van der Waals surface area (Å²) in [5.41, 5.74) is 0.0211. The third-order valence-electron chi connectivity index (χ3n) is 2.47. The lowest BCUT2D eigenvalue weighted by Crippen LogP contribution is -2.28.